The van der Waals surface area contributed by atoms with Gasteiger partial charge in [0.15, 0.2) is 5.82 Å². The summed E-state index contributed by atoms with van der Waals surface area (Å²) in [6, 6.07) is 7.89. The van der Waals surface area contributed by atoms with E-state index in [0.29, 0.717) is 22.7 Å². The summed E-state index contributed by atoms with van der Waals surface area (Å²) in [6.45, 7) is 5.49. The summed E-state index contributed by atoms with van der Waals surface area (Å²) in [6.07, 6.45) is 0.396. The van der Waals surface area contributed by atoms with Crippen LogP contribution in [-0.4, -0.2) is 39.6 Å². The van der Waals surface area contributed by atoms with Crippen LogP contribution in [0.25, 0.3) is 11.5 Å². The molecular formula is C20H20FN5O4. The molecule has 30 heavy (non-hydrogen) atoms. The summed E-state index contributed by atoms with van der Waals surface area (Å²) in [4.78, 5) is 30.6. The molecule has 0 radical (unpaired) electrons. The lowest BCUT2D eigenvalue weighted by atomic mass is 10.2. The normalized spacial score (nSPS) is 10.5. The van der Waals surface area contributed by atoms with Gasteiger partial charge in [0.1, 0.15) is 23.8 Å². The van der Waals surface area contributed by atoms with Gasteiger partial charge in [-0.15, -0.1) is 0 Å². The minimum Gasteiger partial charge on any atom is -0.481 e. The number of hydrogen-bond acceptors (Lipinski definition) is 6. The summed E-state index contributed by atoms with van der Waals surface area (Å²) in [7, 11) is 1.46. The van der Waals surface area contributed by atoms with Crippen molar-refractivity contribution in [3.63, 3.8) is 0 Å². The molecule has 0 spiro atoms. The number of hydrogen-bond donors (Lipinski definition) is 2. The van der Waals surface area contributed by atoms with Crippen LogP contribution in [0.15, 0.2) is 53.5 Å². The van der Waals surface area contributed by atoms with Gasteiger partial charge in [-0.05, 0) is 18.6 Å². The Hall–Kier alpha value is -3.95. The number of halogens is 1. The molecule has 2 N–H and O–H groups in total. The Morgan fingerprint density at radius 2 is 2.13 bits per heavy atom. The molecule has 0 unspecified atom stereocenters. The highest BCUT2D eigenvalue weighted by molar-refractivity contribution is 5.84. The molecule has 1 aromatic carbocycles. The molecule has 3 aromatic rings. The molecule has 0 bridgehead atoms. The van der Waals surface area contributed by atoms with E-state index in [9.17, 15) is 14.0 Å². The number of nitrogens with one attached hydrogen (secondary N) is 2. The monoisotopic (exact) mass is 413 g/mol. The second-order valence-electron chi connectivity index (χ2n) is 6.45. The fraction of sp³-hybridized carbons (Fsp3) is 0.200. The average molecular weight is 413 g/mol. The first-order chi connectivity index (χ1) is 14.4. The molecule has 2 heterocycles. The van der Waals surface area contributed by atoms with E-state index in [1.807, 2.05) is 0 Å². The van der Waals surface area contributed by atoms with Gasteiger partial charge in [0.2, 0.25) is 5.88 Å². The van der Waals surface area contributed by atoms with Gasteiger partial charge in [0.25, 0.3) is 5.56 Å². The summed E-state index contributed by atoms with van der Waals surface area (Å²) in [5.74, 6) is 0.157. The molecule has 1 amide bonds. The van der Waals surface area contributed by atoms with Gasteiger partial charge in [0, 0.05) is 11.6 Å². The van der Waals surface area contributed by atoms with E-state index in [0.717, 1.165) is 0 Å². The van der Waals surface area contributed by atoms with Crippen LogP contribution in [0.4, 0.5) is 14.9 Å². The Morgan fingerprint density at radius 1 is 1.37 bits per heavy atom. The Morgan fingerprint density at radius 3 is 2.80 bits per heavy atom. The van der Waals surface area contributed by atoms with Gasteiger partial charge >= 0.3 is 6.09 Å². The third-order valence-electron chi connectivity index (χ3n) is 3.96. The molecule has 9 nitrogen and oxygen atoms in total. The van der Waals surface area contributed by atoms with Crippen LogP contribution in [0.5, 0.6) is 5.88 Å². The molecule has 0 fully saturated rings. The predicted octanol–water partition coefficient (Wildman–Crippen LogP) is 2.95. The zero-order valence-electron chi connectivity index (χ0n) is 16.4. The number of amides is 1. The molecule has 0 aliphatic rings. The predicted molar refractivity (Wildman–Crippen MR) is 108 cm³/mol. The van der Waals surface area contributed by atoms with Crippen LogP contribution < -0.4 is 15.6 Å². The molecule has 10 heteroatoms. The van der Waals surface area contributed by atoms with E-state index in [2.05, 4.69) is 27.0 Å². The van der Waals surface area contributed by atoms with Crippen LogP contribution in [0, 0.1) is 5.82 Å². The van der Waals surface area contributed by atoms with Gasteiger partial charge < -0.3 is 14.5 Å². The lowest BCUT2D eigenvalue weighted by Crippen LogP contribution is -2.22. The first-order valence-corrected chi connectivity index (χ1v) is 8.90. The van der Waals surface area contributed by atoms with Crippen molar-refractivity contribution in [2.75, 3.05) is 19.0 Å². The number of benzene rings is 1. The lowest BCUT2D eigenvalue weighted by Gasteiger charge is -2.07. The maximum absolute atomic E-state index is 14.0. The minimum absolute atomic E-state index is 0.0362. The van der Waals surface area contributed by atoms with Crippen molar-refractivity contribution >= 4 is 11.8 Å². The van der Waals surface area contributed by atoms with Gasteiger partial charge in [-0.25, -0.2) is 18.9 Å². The van der Waals surface area contributed by atoms with E-state index >= 15 is 0 Å². The van der Waals surface area contributed by atoms with E-state index < -0.39 is 11.7 Å². The first-order valence-electron chi connectivity index (χ1n) is 8.90. The molecule has 156 valence electrons. The lowest BCUT2D eigenvalue weighted by molar-refractivity contribution is 0.171. The van der Waals surface area contributed by atoms with Crippen LogP contribution in [-0.2, 0) is 11.3 Å². The van der Waals surface area contributed by atoms with Crippen molar-refractivity contribution in [3.8, 4) is 17.4 Å². The number of aromatic amines is 1. The minimum atomic E-state index is -0.797. The van der Waals surface area contributed by atoms with Crippen LogP contribution in [0.1, 0.15) is 12.5 Å². The largest absolute Gasteiger partial charge is 0.481 e. The standard InChI is InChI=1S/C20H20FN5O4/c1-12(2)11-30-20(28)23-16-9-22-18(24-19(16)27)15-8-17(29-3)26(25-15)10-13-6-4-5-7-14(13)21/h4-9H,1,10-11H2,2-3H3,(H,23,28)(H,22,24,27). The molecule has 0 aliphatic heterocycles. The number of carbonyl (C=O) groups is 1. The van der Waals surface area contributed by atoms with Gasteiger partial charge in [-0.2, -0.15) is 5.10 Å². The second kappa shape index (κ2) is 9.03. The maximum atomic E-state index is 14.0. The van der Waals surface area contributed by atoms with Crippen molar-refractivity contribution in [3.05, 3.63) is 70.4 Å². The highest BCUT2D eigenvalue weighted by Crippen LogP contribution is 2.22. The number of methoxy groups -OCH3 is 1. The van der Waals surface area contributed by atoms with Gasteiger partial charge in [-0.1, -0.05) is 24.8 Å². The van der Waals surface area contributed by atoms with Crippen molar-refractivity contribution in [1.82, 2.24) is 19.7 Å². The molecule has 0 saturated carbocycles. The average Bonchev–Trinajstić information content (AvgIpc) is 3.12. The number of aromatic nitrogens is 4. The molecule has 3 rings (SSSR count). The molecule has 0 saturated heterocycles. The van der Waals surface area contributed by atoms with E-state index in [1.54, 1.807) is 31.2 Å². The van der Waals surface area contributed by atoms with Gasteiger partial charge in [0.05, 0.1) is 19.9 Å². The van der Waals surface area contributed by atoms with Crippen molar-refractivity contribution in [2.45, 2.75) is 13.5 Å². The Labute approximate surface area is 171 Å². The summed E-state index contributed by atoms with van der Waals surface area (Å²) >= 11 is 0. The topological polar surface area (TPSA) is 111 Å². The fourth-order valence-electron chi connectivity index (χ4n) is 2.53. The van der Waals surface area contributed by atoms with Crippen LogP contribution in [0.3, 0.4) is 0 Å². The zero-order valence-corrected chi connectivity index (χ0v) is 16.4. The summed E-state index contributed by atoms with van der Waals surface area (Å²) < 4.78 is 25.6. The second-order valence-corrected chi connectivity index (χ2v) is 6.45. The third kappa shape index (κ3) is 4.90. The van der Waals surface area contributed by atoms with Crippen LogP contribution in [0.2, 0.25) is 0 Å². The third-order valence-corrected chi connectivity index (χ3v) is 3.96. The highest BCUT2D eigenvalue weighted by atomic mass is 19.1. The molecule has 2 aromatic heterocycles. The van der Waals surface area contributed by atoms with Crippen molar-refractivity contribution in [1.29, 1.82) is 0 Å². The Balaban J connectivity index is 1.81. The Kier molecular flexibility index (Phi) is 6.26. The Bertz CT molecular complexity index is 1140. The molecule has 0 atom stereocenters. The highest BCUT2D eigenvalue weighted by Gasteiger charge is 2.15. The zero-order chi connectivity index (χ0) is 21.7. The van der Waals surface area contributed by atoms with Crippen LogP contribution >= 0.6 is 0 Å². The van der Waals surface area contributed by atoms with E-state index in [1.165, 1.54) is 24.1 Å². The van der Waals surface area contributed by atoms with E-state index in [4.69, 9.17) is 9.47 Å². The number of nitrogens with zero attached hydrogens (tertiary/aromatic N) is 3. The smallest absolute Gasteiger partial charge is 0.412 e. The van der Waals surface area contributed by atoms with Gasteiger partial charge in [-0.3, -0.25) is 10.1 Å². The first kappa shape index (κ1) is 20.8. The maximum Gasteiger partial charge on any atom is 0.412 e. The number of carbonyl (C=O) groups excluding carboxylic acids is 1. The number of rotatable bonds is 7. The quantitative estimate of drug-likeness (QED) is 0.576. The number of anilines is 1. The molecular weight excluding hydrogens is 393 g/mol. The summed E-state index contributed by atoms with van der Waals surface area (Å²) in [5, 5.41) is 6.65. The van der Waals surface area contributed by atoms with Crippen molar-refractivity contribution < 1.29 is 18.7 Å². The number of H-pyrrole nitrogens is 1. The SMILES string of the molecule is C=C(C)COC(=O)Nc1cnc(-c2cc(OC)n(Cc3ccccc3F)n2)[nH]c1=O. The van der Waals surface area contributed by atoms with E-state index in [-0.39, 0.29) is 30.5 Å². The van der Waals surface area contributed by atoms with Crippen molar-refractivity contribution in [2.24, 2.45) is 0 Å². The summed E-state index contributed by atoms with van der Waals surface area (Å²) in [5.41, 5.74) is 0.738. The molecule has 0 aliphatic carbocycles. The number of ether oxygens (including phenoxy) is 2. The fourth-order valence-corrected chi connectivity index (χ4v) is 2.53.